The van der Waals surface area contributed by atoms with Crippen LogP contribution < -0.4 is 10.1 Å². The quantitative estimate of drug-likeness (QED) is 0.698. The fourth-order valence-electron chi connectivity index (χ4n) is 2.58. The van der Waals surface area contributed by atoms with Crippen LogP contribution in [0.4, 0.5) is 4.39 Å². The summed E-state index contributed by atoms with van der Waals surface area (Å²) in [6.45, 7) is 1.05. The molecule has 0 atom stereocenters. The molecule has 0 aliphatic heterocycles. The molecule has 1 aromatic carbocycles. The molecule has 1 amide bonds. The van der Waals surface area contributed by atoms with Gasteiger partial charge in [-0.1, -0.05) is 0 Å². The molecule has 138 valence electrons. The lowest BCUT2D eigenvalue weighted by Gasteiger charge is -2.07. The number of nitrogens with one attached hydrogen (secondary N) is 1. The zero-order valence-electron chi connectivity index (χ0n) is 14.6. The van der Waals surface area contributed by atoms with Gasteiger partial charge in [-0.05, 0) is 60.7 Å². The van der Waals surface area contributed by atoms with Crippen LogP contribution in [0.2, 0.25) is 0 Å². The number of amides is 1. The topological polar surface area (TPSA) is 69.0 Å². The van der Waals surface area contributed by atoms with Crippen molar-refractivity contribution >= 4 is 5.91 Å². The molecule has 0 bridgehead atoms. The van der Waals surface area contributed by atoms with Gasteiger partial charge in [0.05, 0.1) is 12.3 Å². The summed E-state index contributed by atoms with van der Waals surface area (Å²) in [5.74, 6) is 0.635. The van der Waals surface area contributed by atoms with Gasteiger partial charge < -0.3 is 10.1 Å². The first-order valence-corrected chi connectivity index (χ1v) is 8.85. The molecule has 0 spiro atoms. The van der Waals surface area contributed by atoms with Crippen molar-refractivity contribution in [3.05, 3.63) is 71.9 Å². The predicted octanol–water partition coefficient (Wildman–Crippen LogP) is 3.13. The van der Waals surface area contributed by atoms with Gasteiger partial charge in [0.1, 0.15) is 5.82 Å². The number of hydrogen-bond acceptors (Lipinski definition) is 4. The number of aromatic nitrogens is 3. The fourth-order valence-corrected chi connectivity index (χ4v) is 2.58. The van der Waals surface area contributed by atoms with Crippen LogP contribution in [-0.4, -0.2) is 27.3 Å². The number of rotatable bonds is 7. The van der Waals surface area contributed by atoms with Crippen LogP contribution in [0.15, 0.2) is 54.9 Å². The molecular formula is C20H19FN4O2. The highest BCUT2D eigenvalue weighted by molar-refractivity contribution is 5.92. The lowest BCUT2D eigenvalue weighted by atomic mass is 10.2. The molecular weight excluding hydrogens is 347 g/mol. The molecule has 27 heavy (non-hydrogen) atoms. The lowest BCUT2D eigenvalue weighted by molar-refractivity contribution is 0.0945. The highest BCUT2D eigenvalue weighted by Crippen LogP contribution is 2.29. The average molecular weight is 366 g/mol. The van der Waals surface area contributed by atoms with Crippen LogP contribution in [0.3, 0.4) is 0 Å². The van der Waals surface area contributed by atoms with E-state index in [-0.39, 0.29) is 11.7 Å². The van der Waals surface area contributed by atoms with Crippen LogP contribution in [0, 0.1) is 11.7 Å². The zero-order valence-corrected chi connectivity index (χ0v) is 14.6. The Kier molecular flexibility index (Phi) is 4.82. The summed E-state index contributed by atoms with van der Waals surface area (Å²) >= 11 is 0. The molecule has 1 aliphatic carbocycles. The first-order chi connectivity index (χ1) is 13.2. The normalized spacial score (nSPS) is 13.4. The fraction of sp³-hybridized carbons (Fsp3) is 0.250. The van der Waals surface area contributed by atoms with E-state index in [1.807, 2.05) is 12.1 Å². The molecule has 1 aliphatic rings. The van der Waals surface area contributed by atoms with E-state index in [0.29, 0.717) is 36.3 Å². The summed E-state index contributed by atoms with van der Waals surface area (Å²) in [7, 11) is 0. The molecule has 1 N–H and O–H groups in total. The molecule has 0 saturated heterocycles. The summed E-state index contributed by atoms with van der Waals surface area (Å²) in [4.78, 5) is 16.5. The van der Waals surface area contributed by atoms with Crippen LogP contribution >= 0.6 is 0 Å². The van der Waals surface area contributed by atoms with Crippen molar-refractivity contribution in [1.82, 2.24) is 20.1 Å². The first-order valence-electron chi connectivity index (χ1n) is 8.85. The molecule has 7 heteroatoms. The van der Waals surface area contributed by atoms with Gasteiger partial charge in [-0.3, -0.25) is 4.79 Å². The van der Waals surface area contributed by atoms with Gasteiger partial charge in [0.25, 0.3) is 5.91 Å². The van der Waals surface area contributed by atoms with E-state index in [1.54, 1.807) is 30.6 Å². The predicted molar refractivity (Wildman–Crippen MR) is 97.1 cm³/mol. The Labute approximate surface area is 156 Å². The van der Waals surface area contributed by atoms with Crippen LogP contribution in [-0.2, 0) is 6.54 Å². The number of pyridine rings is 1. The molecule has 3 aromatic rings. The van der Waals surface area contributed by atoms with E-state index in [0.717, 1.165) is 5.56 Å². The number of carbonyl (C=O) groups excluding carboxylic acids is 1. The van der Waals surface area contributed by atoms with E-state index >= 15 is 0 Å². The Bertz CT molecular complexity index is 935. The summed E-state index contributed by atoms with van der Waals surface area (Å²) in [6, 6.07) is 11.2. The second-order valence-electron chi connectivity index (χ2n) is 6.56. The molecule has 1 saturated carbocycles. The maximum Gasteiger partial charge on any atom is 0.272 e. The van der Waals surface area contributed by atoms with E-state index in [4.69, 9.17) is 4.74 Å². The van der Waals surface area contributed by atoms with Crippen molar-refractivity contribution in [2.24, 2.45) is 5.92 Å². The monoisotopic (exact) mass is 366 g/mol. The SMILES string of the molecule is O=C(NCc1ccnc(OCC2CC2)c1)c1ccn(-c2ccc(F)cc2)n1. The minimum absolute atomic E-state index is 0.284. The van der Waals surface area contributed by atoms with Gasteiger partial charge in [-0.25, -0.2) is 14.1 Å². The Hall–Kier alpha value is -3.22. The molecule has 1 fully saturated rings. The van der Waals surface area contributed by atoms with Gasteiger partial charge in [-0.15, -0.1) is 0 Å². The smallest absolute Gasteiger partial charge is 0.272 e. The van der Waals surface area contributed by atoms with Gasteiger partial charge >= 0.3 is 0 Å². The average Bonchev–Trinajstić information content (AvgIpc) is 3.39. The largest absolute Gasteiger partial charge is 0.477 e. The zero-order chi connectivity index (χ0) is 18.6. The standard InChI is InChI=1S/C20H19FN4O2/c21-16-3-5-17(6-4-16)25-10-8-18(24-25)20(26)23-12-15-7-9-22-19(11-15)27-13-14-1-2-14/h3-11,14H,1-2,12-13H2,(H,23,26). The number of carbonyl (C=O) groups is 1. The second-order valence-corrected chi connectivity index (χ2v) is 6.56. The summed E-state index contributed by atoms with van der Waals surface area (Å²) in [5.41, 5.74) is 1.88. The number of ether oxygens (including phenoxy) is 1. The molecule has 2 heterocycles. The van der Waals surface area contributed by atoms with Crippen molar-refractivity contribution < 1.29 is 13.9 Å². The highest BCUT2D eigenvalue weighted by atomic mass is 19.1. The van der Waals surface area contributed by atoms with Crippen molar-refractivity contribution in [2.45, 2.75) is 19.4 Å². The van der Waals surface area contributed by atoms with Crippen LogP contribution in [0.5, 0.6) is 5.88 Å². The number of benzene rings is 1. The third-order valence-electron chi connectivity index (χ3n) is 4.33. The Morgan fingerprint density at radius 2 is 2.04 bits per heavy atom. The van der Waals surface area contributed by atoms with Crippen LogP contribution in [0.25, 0.3) is 5.69 Å². The van der Waals surface area contributed by atoms with Gasteiger partial charge in [-0.2, -0.15) is 5.10 Å². The van der Waals surface area contributed by atoms with Gasteiger partial charge in [0.2, 0.25) is 5.88 Å². The van der Waals surface area contributed by atoms with Crippen LogP contribution in [0.1, 0.15) is 28.9 Å². The summed E-state index contributed by atoms with van der Waals surface area (Å²) < 4.78 is 20.2. The van der Waals surface area contributed by atoms with Gasteiger partial charge in [0.15, 0.2) is 5.69 Å². The van der Waals surface area contributed by atoms with E-state index in [1.165, 1.54) is 29.7 Å². The lowest BCUT2D eigenvalue weighted by Crippen LogP contribution is -2.23. The minimum Gasteiger partial charge on any atom is -0.477 e. The van der Waals surface area contributed by atoms with Crippen molar-refractivity contribution in [1.29, 1.82) is 0 Å². The van der Waals surface area contributed by atoms with E-state index in [9.17, 15) is 9.18 Å². The number of hydrogen-bond donors (Lipinski definition) is 1. The third-order valence-corrected chi connectivity index (χ3v) is 4.33. The Balaban J connectivity index is 1.35. The maximum absolute atomic E-state index is 13.0. The Morgan fingerprint density at radius 3 is 2.81 bits per heavy atom. The second kappa shape index (κ2) is 7.57. The van der Waals surface area contributed by atoms with Crippen molar-refractivity contribution in [2.75, 3.05) is 6.61 Å². The number of halogens is 1. The summed E-state index contributed by atoms with van der Waals surface area (Å²) in [6.07, 6.45) is 5.78. The molecule has 6 nitrogen and oxygen atoms in total. The number of nitrogens with zero attached hydrogens (tertiary/aromatic N) is 3. The molecule has 4 rings (SSSR count). The molecule has 0 unspecified atom stereocenters. The van der Waals surface area contributed by atoms with Crippen molar-refractivity contribution in [3.8, 4) is 11.6 Å². The van der Waals surface area contributed by atoms with E-state index < -0.39 is 0 Å². The molecule has 0 radical (unpaired) electrons. The first kappa shape index (κ1) is 17.2. The van der Waals surface area contributed by atoms with E-state index in [2.05, 4.69) is 15.4 Å². The highest BCUT2D eigenvalue weighted by Gasteiger charge is 2.22. The Morgan fingerprint density at radius 1 is 1.22 bits per heavy atom. The van der Waals surface area contributed by atoms with Gasteiger partial charge in [0, 0.05) is 25.0 Å². The minimum atomic E-state index is -0.318. The molecule has 2 aromatic heterocycles. The summed E-state index contributed by atoms with van der Waals surface area (Å²) in [5, 5.41) is 7.08. The van der Waals surface area contributed by atoms with Crippen molar-refractivity contribution in [3.63, 3.8) is 0 Å². The maximum atomic E-state index is 13.0. The third kappa shape index (κ3) is 4.49.